The normalized spacial score (nSPS) is 20.1. The first-order chi connectivity index (χ1) is 7.60. The summed E-state index contributed by atoms with van der Waals surface area (Å²) in [5.74, 6) is 4.85. The van der Waals surface area contributed by atoms with Crippen molar-refractivity contribution in [3.05, 3.63) is 0 Å². The van der Waals surface area contributed by atoms with Crippen molar-refractivity contribution in [1.82, 2.24) is 0 Å². The van der Waals surface area contributed by atoms with Gasteiger partial charge in [-0.1, -0.05) is 55.4 Å². The molecule has 0 aliphatic carbocycles. The summed E-state index contributed by atoms with van der Waals surface area (Å²) in [6.07, 6.45) is 1.31. The Morgan fingerprint density at radius 3 is 1.65 bits per heavy atom. The van der Waals surface area contributed by atoms with Crippen LogP contribution in [0.3, 0.4) is 0 Å². The van der Waals surface area contributed by atoms with Crippen LogP contribution in [0, 0.1) is 35.0 Å². The van der Waals surface area contributed by atoms with E-state index in [0.717, 1.165) is 35.3 Å². The van der Waals surface area contributed by atoms with Crippen molar-refractivity contribution in [3.63, 3.8) is 0 Å². The topological polar surface area (TPSA) is 0 Å². The monoisotopic (exact) mass is 258 g/mol. The summed E-state index contributed by atoms with van der Waals surface area (Å²) in [5.41, 5.74) is 0.440. The van der Waals surface area contributed by atoms with E-state index in [4.69, 9.17) is 0 Å². The van der Waals surface area contributed by atoms with Crippen LogP contribution in [0.1, 0.15) is 61.8 Å². The Labute approximate surface area is 115 Å². The van der Waals surface area contributed by atoms with Gasteiger partial charge in [-0.05, 0) is 47.2 Å². The predicted molar refractivity (Wildman–Crippen MR) is 83.7 cm³/mol. The lowest BCUT2D eigenvalue weighted by Gasteiger charge is -2.36. The van der Waals surface area contributed by atoms with Gasteiger partial charge in [0.05, 0.1) is 0 Å². The zero-order chi connectivity index (χ0) is 13.8. The summed E-state index contributed by atoms with van der Waals surface area (Å²) in [4.78, 5) is 0. The quantitative estimate of drug-likeness (QED) is 0.595. The molecule has 0 aromatic heterocycles. The minimum Gasteiger partial charge on any atom is -0.179 e. The highest BCUT2D eigenvalue weighted by Crippen LogP contribution is 2.37. The Morgan fingerprint density at radius 1 is 0.882 bits per heavy atom. The Hall–Kier alpha value is 0.350. The minimum atomic E-state index is 0.440. The van der Waals surface area contributed by atoms with Crippen LogP contribution in [0.4, 0.5) is 0 Å². The summed E-state index contributed by atoms with van der Waals surface area (Å²) in [5, 5.41) is 0. The molecule has 4 unspecified atom stereocenters. The second-order valence-electron chi connectivity index (χ2n) is 7.55. The molecule has 0 amide bonds. The van der Waals surface area contributed by atoms with E-state index < -0.39 is 0 Å². The molecule has 0 nitrogen and oxygen atoms in total. The highest BCUT2D eigenvalue weighted by atomic mass is 32.1. The van der Waals surface area contributed by atoms with Crippen molar-refractivity contribution in [2.75, 3.05) is 5.75 Å². The van der Waals surface area contributed by atoms with Gasteiger partial charge < -0.3 is 0 Å². The minimum absolute atomic E-state index is 0.440. The maximum Gasteiger partial charge on any atom is -0.00642 e. The van der Waals surface area contributed by atoms with Crippen molar-refractivity contribution >= 4 is 12.6 Å². The standard InChI is InChI=1S/C16H34S/c1-11(2)13(4)15(10-17)14(5)12(3)9-16(6,7)8/h11-15,17H,9-10H2,1-8H3. The maximum absolute atomic E-state index is 4.59. The van der Waals surface area contributed by atoms with Crippen LogP contribution in [-0.4, -0.2) is 5.75 Å². The Morgan fingerprint density at radius 2 is 1.35 bits per heavy atom. The molecule has 0 rings (SSSR count). The van der Waals surface area contributed by atoms with Gasteiger partial charge in [-0.15, -0.1) is 0 Å². The fraction of sp³-hybridized carbons (Fsp3) is 1.00. The van der Waals surface area contributed by atoms with E-state index in [1.54, 1.807) is 0 Å². The van der Waals surface area contributed by atoms with Crippen molar-refractivity contribution in [3.8, 4) is 0 Å². The third-order valence-corrected chi connectivity index (χ3v) is 4.87. The molecular weight excluding hydrogens is 224 g/mol. The average Bonchev–Trinajstić information content (AvgIpc) is 2.15. The molecule has 0 fully saturated rings. The van der Waals surface area contributed by atoms with E-state index >= 15 is 0 Å². The number of hydrogen-bond acceptors (Lipinski definition) is 1. The zero-order valence-corrected chi connectivity index (χ0v) is 14.1. The van der Waals surface area contributed by atoms with Crippen LogP contribution in [0.25, 0.3) is 0 Å². The molecule has 0 spiro atoms. The van der Waals surface area contributed by atoms with Gasteiger partial charge in [0.2, 0.25) is 0 Å². The Balaban J connectivity index is 4.58. The molecule has 0 heterocycles. The average molecular weight is 259 g/mol. The molecular formula is C16H34S. The van der Waals surface area contributed by atoms with Crippen LogP contribution < -0.4 is 0 Å². The largest absolute Gasteiger partial charge is 0.179 e. The van der Waals surface area contributed by atoms with Gasteiger partial charge in [-0.2, -0.15) is 12.6 Å². The lowest BCUT2D eigenvalue weighted by atomic mass is 9.70. The highest BCUT2D eigenvalue weighted by molar-refractivity contribution is 7.80. The Kier molecular flexibility index (Phi) is 7.21. The number of thiol groups is 1. The molecule has 0 N–H and O–H groups in total. The lowest BCUT2D eigenvalue weighted by Crippen LogP contribution is -2.30. The van der Waals surface area contributed by atoms with Crippen LogP contribution in [0.2, 0.25) is 0 Å². The van der Waals surface area contributed by atoms with E-state index in [1.807, 2.05) is 0 Å². The SMILES string of the molecule is CC(C)C(C)C(CS)C(C)C(C)CC(C)(C)C. The van der Waals surface area contributed by atoms with Crippen LogP contribution in [0.15, 0.2) is 0 Å². The van der Waals surface area contributed by atoms with Gasteiger partial charge in [0.25, 0.3) is 0 Å². The molecule has 0 aliphatic heterocycles. The molecule has 17 heavy (non-hydrogen) atoms. The van der Waals surface area contributed by atoms with E-state index in [2.05, 4.69) is 68.0 Å². The second-order valence-corrected chi connectivity index (χ2v) is 7.92. The summed E-state index contributed by atoms with van der Waals surface area (Å²) in [6, 6.07) is 0. The van der Waals surface area contributed by atoms with E-state index in [9.17, 15) is 0 Å². The summed E-state index contributed by atoms with van der Waals surface area (Å²) >= 11 is 4.59. The van der Waals surface area contributed by atoms with Gasteiger partial charge in [0, 0.05) is 0 Å². The van der Waals surface area contributed by atoms with Gasteiger partial charge in [0.15, 0.2) is 0 Å². The Bertz CT molecular complexity index is 202. The third-order valence-electron chi connectivity index (χ3n) is 4.44. The first-order valence-corrected chi connectivity index (χ1v) is 7.84. The summed E-state index contributed by atoms with van der Waals surface area (Å²) < 4.78 is 0. The van der Waals surface area contributed by atoms with Gasteiger partial charge in [-0.3, -0.25) is 0 Å². The molecule has 0 saturated heterocycles. The number of hydrogen-bond donors (Lipinski definition) is 1. The van der Waals surface area contributed by atoms with Crippen molar-refractivity contribution < 1.29 is 0 Å². The summed E-state index contributed by atoms with van der Waals surface area (Å²) in [7, 11) is 0. The van der Waals surface area contributed by atoms with Crippen molar-refractivity contribution in [2.24, 2.45) is 35.0 Å². The highest BCUT2D eigenvalue weighted by Gasteiger charge is 2.29. The van der Waals surface area contributed by atoms with Gasteiger partial charge >= 0.3 is 0 Å². The summed E-state index contributed by atoms with van der Waals surface area (Å²) in [6.45, 7) is 18.9. The maximum atomic E-state index is 4.59. The predicted octanol–water partition coefficient (Wildman–Crippen LogP) is 5.53. The fourth-order valence-corrected chi connectivity index (χ4v) is 3.54. The molecule has 0 saturated carbocycles. The van der Waals surface area contributed by atoms with E-state index in [0.29, 0.717) is 5.41 Å². The molecule has 0 aliphatic rings. The van der Waals surface area contributed by atoms with Crippen LogP contribution in [0.5, 0.6) is 0 Å². The molecule has 0 aromatic rings. The molecule has 4 atom stereocenters. The van der Waals surface area contributed by atoms with Crippen LogP contribution in [-0.2, 0) is 0 Å². The molecule has 0 aromatic carbocycles. The van der Waals surface area contributed by atoms with Crippen molar-refractivity contribution in [1.29, 1.82) is 0 Å². The first-order valence-electron chi connectivity index (χ1n) is 7.21. The zero-order valence-electron chi connectivity index (χ0n) is 13.2. The number of rotatable bonds is 6. The molecule has 1 heteroatoms. The van der Waals surface area contributed by atoms with Gasteiger partial charge in [-0.25, -0.2) is 0 Å². The second kappa shape index (κ2) is 7.07. The fourth-order valence-electron chi connectivity index (χ4n) is 2.88. The van der Waals surface area contributed by atoms with E-state index in [1.165, 1.54) is 6.42 Å². The van der Waals surface area contributed by atoms with Crippen LogP contribution >= 0.6 is 12.6 Å². The lowest BCUT2D eigenvalue weighted by molar-refractivity contribution is 0.148. The van der Waals surface area contributed by atoms with Gasteiger partial charge in [0.1, 0.15) is 0 Å². The first kappa shape index (κ1) is 17.4. The van der Waals surface area contributed by atoms with Crippen molar-refractivity contribution in [2.45, 2.75) is 61.8 Å². The smallest absolute Gasteiger partial charge is 0.00642 e. The van der Waals surface area contributed by atoms with E-state index in [-0.39, 0.29) is 0 Å². The third kappa shape index (κ3) is 6.18. The molecule has 0 radical (unpaired) electrons. The molecule has 104 valence electrons. The molecule has 0 bridgehead atoms.